The summed E-state index contributed by atoms with van der Waals surface area (Å²) in [5.74, 6) is 2.91. The highest BCUT2D eigenvalue weighted by molar-refractivity contribution is 9.10. The topological polar surface area (TPSA) is 68.5 Å². The predicted octanol–water partition coefficient (Wildman–Crippen LogP) is 1.48. The molecule has 0 aliphatic carbocycles. The number of aryl methyl sites for hydroxylation is 2. The molecule has 7 heteroatoms. The van der Waals surface area contributed by atoms with E-state index in [1.54, 1.807) is 11.7 Å². The standard InChI is InChI=1S/C9H11BrN6/c1-5-14-6(2)16(15-5)9-7(10)8(11-3)12-4-13-9/h4H,1-3H3,(H,11,12,13). The highest BCUT2D eigenvalue weighted by Gasteiger charge is 2.13. The van der Waals surface area contributed by atoms with Crippen molar-refractivity contribution in [2.24, 2.45) is 0 Å². The van der Waals surface area contributed by atoms with Crippen LogP contribution in [0.5, 0.6) is 0 Å². The summed E-state index contributed by atoms with van der Waals surface area (Å²) in [5.41, 5.74) is 0. The molecule has 0 radical (unpaired) electrons. The first-order valence-electron chi connectivity index (χ1n) is 4.72. The number of aromatic nitrogens is 5. The molecule has 0 bridgehead atoms. The quantitative estimate of drug-likeness (QED) is 0.904. The third-order valence-corrected chi connectivity index (χ3v) is 2.81. The number of halogens is 1. The number of rotatable bonds is 2. The minimum absolute atomic E-state index is 0.678. The Morgan fingerprint density at radius 2 is 2.06 bits per heavy atom. The highest BCUT2D eigenvalue weighted by Crippen LogP contribution is 2.25. The van der Waals surface area contributed by atoms with Gasteiger partial charge in [-0.15, -0.1) is 5.10 Å². The molecule has 0 unspecified atom stereocenters. The van der Waals surface area contributed by atoms with E-state index < -0.39 is 0 Å². The van der Waals surface area contributed by atoms with Gasteiger partial charge in [0.05, 0.1) is 0 Å². The molecular formula is C9H11BrN6. The van der Waals surface area contributed by atoms with Gasteiger partial charge in [-0.25, -0.2) is 15.0 Å². The average molecular weight is 283 g/mol. The fourth-order valence-electron chi connectivity index (χ4n) is 1.40. The Morgan fingerprint density at radius 3 is 2.62 bits per heavy atom. The Labute approximate surface area is 101 Å². The molecule has 16 heavy (non-hydrogen) atoms. The van der Waals surface area contributed by atoms with E-state index in [0.29, 0.717) is 11.6 Å². The van der Waals surface area contributed by atoms with Gasteiger partial charge in [0.15, 0.2) is 5.82 Å². The third kappa shape index (κ3) is 1.78. The molecule has 0 amide bonds. The molecule has 0 fully saturated rings. The minimum atomic E-state index is 0.678. The van der Waals surface area contributed by atoms with Crippen molar-refractivity contribution in [3.05, 3.63) is 22.4 Å². The summed E-state index contributed by atoms with van der Waals surface area (Å²) in [4.78, 5) is 12.5. The van der Waals surface area contributed by atoms with Crippen molar-refractivity contribution in [2.75, 3.05) is 12.4 Å². The van der Waals surface area contributed by atoms with E-state index in [1.165, 1.54) is 6.33 Å². The van der Waals surface area contributed by atoms with Crippen molar-refractivity contribution < 1.29 is 0 Å². The Morgan fingerprint density at radius 1 is 1.31 bits per heavy atom. The van der Waals surface area contributed by atoms with E-state index in [2.05, 4.69) is 41.3 Å². The Bertz CT molecular complexity index is 521. The van der Waals surface area contributed by atoms with Crippen molar-refractivity contribution in [3.63, 3.8) is 0 Å². The van der Waals surface area contributed by atoms with Crippen LogP contribution in [0.1, 0.15) is 11.6 Å². The summed E-state index contributed by atoms with van der Waals surface area (Å²) >= 11 is 3.45. The Hall–Kier alpha value is -1.50. The van der Waals surface area contributed by atoms with Crippen LogP contribution in [0.3, 0.4) is 0 Å². The number of hydrogen-bond acceptors (Lipinski definition) is 5. The number of nitrogens with zero attached hydrogens (tertiary/aromatic N) is 5. The van der Waals surface area contributed by atoms with Gasteiger partial charge in [0, 0.05) is 7.05 Å². The van der Waals surface area contributed by atoms with Crippen LogP contribution in [0, 0.1) is 13.8 Å². The number of anilines is 1. The van der Waals surface area contributed by atoms with Gasteiger partial charge in [0.2, 0.25) is 0 Å². The van der Waals surface area contributed by atoms with Gasteiger partial charge < -0.3 is 5.32 Å². The van der Waals surface area contributed by atoms with Gasteiger partial charge in [-0.05, 0) is 29.8 Å². The summed E-state index contributed by atoms with van der Waals surface area (Å²) < 4.78 is 2.45. The lowest BCUT2D eigenvalue weighted by atomic mass is 10.5. The molecule has 0 atom stereocenters. The summed E-state index contributed by atoms with van der Waals surface area (Å²) in [6.07, 6.45) is 1.49. The van der Waals surface area contributed by atoms with E-state index in [4.69, 9.17) is 0 Å². The molecule has 0 saturated carbocycles. The van der Waals surface area contributed by atoms with E-state index in [9.17, 15) is 0 Å². The Kier molecular flexibility index (Phi) is 2.86. The van der Waals surface area contributed by atoms with Gasteiger partial charge in [-0.1, -0.05) is 0 Å². The van der Waals surface area contributed by atoms with E-state index >= 15 is 0 Å². The van der Waals surface area contributed by atoms with E-state index in [-0.39, 0.29) is 0 Å². The zero-order valence-corrected chi connectivity index (χ0v) is 10.8. The smallest absolute Gasteiger partial charge is 0.175 e. The van der Waals surface area contributed by atoms with Crippen molar-refractivity contribution in [2.45, 2.75) is 13.8 Å². The monoisotopic (exact) mass is 282 g/mol. The molecule has 2 heterocycles. The van der Waals surface area contributed by atoms with Crippen molar-refractivity contribution in [1.82, 2.24) is 24.7 Å². The average Bonchev–Trinajstić information content (AvgIpc) is 2.58. The van der Waals surface area contributed by atoms with Gasteiger partial charge >= 0.3 is 0 Å². The second kappa shape index (κ2) is 4.17. The van der Waals surface area contributed by atoms with Gasteiger partial charge in [-0.2, -0.15) is 4.68 Å². The lowest BCUT2D eigenvalue weighted by molar-refractivity contribution is 0.794. The molecule has 0 spiro atoms. The minimum Gasteiger partial charge on any atom is -0.372 e. The van der Waals surface area contributed by atoms with Crippen LogP contribution < -0.4 is 5.32 Å². The van der Waals surface area contributed by atoms with E-state index in [0.717, 1.165) is 16.1 Å². The lowest BCUT2D eigenvalue weighted by Gasteiger charge is -2.07. The van der Waals surface area contributed by atoms with Crippen LogP contribution >= 0.6 is 15.9 Å². The first-order valence-corrected chi connectivity index (χ1v) is 5.51. The molecule has 0 aliphatic heterocycles. The summed E-state index contributed by atoms with van der Waals surface area (Å²) in [7, 11) is 1.80. The fraction of sp³-hybridized carbons (Fsp3) is 0.333. The molecular weight excluding hydrogens is 272 g/mol. The molecule has 0 aliphatic rings. The summed E-state index contributed by atoms with van der Waals surface area (Å²) in [5, 5.41) is 7.25. The number of hydrogen-bond donors (Lipinski definition) is 1. The molecule has 6 nitrogen and oxygen atoms in total. The molecule has 2 aromatic heterocycles. The van der Waals surface area contributed by atoms with E-state index in [1.807, 2.05) is 13.8 Å². The molecule has 2 rings (SSSR count). The summed E-state index contributed by atoms with van der Waals surface area (Å²) in [6, 6.07) is 0. The third-order valence-electron chi connectivity index (χ3n) is 2.08. The zero-order chi connectivity index (χ0) is 11.7. The number of nitrogens with one attached hydrogen (secondary N) is 1. The van der Waals surface area contributed by atoms with Crippen LogP contribution in [-0.2, 0) is 0 Å². The predicted molar refractivity (Wildman–Crippen MR) is 63.7 cm³/mol. The van der Waals surface area contributed by atoms with Gasteiger partial charge in [-0.3, -0.25) is 0 Å². The van der Waals surface area contributed by atoms with Crippen molar-refractivity contribution in [1.29, 1.82) is 0 Å². The molecule has 1 N–H and O–H groups in total. The normalized spacial score (nSPS) is 10.5. The van der Waals surface area contributed by atoms with Crippen LogP contribution in [0.4, 0.5) is 5.82 Å². The van der Waals surface area contributed by atoms with Gasteiger partial charge in [0.1, 0.15) is 28.3 Å². The fourth-order valence-corrected chi connectivity index (χ4v) is 1.98. The summed E-state index contributed by atoms with van der Waals surface area (Å²) in [6.45, 7) is 3.73. The largest absolute Gasteiger partial charge is 0.372 e. The second-order valence-corrected chi connectivity index (χ2v) is 4.02. The lowest BCUT2D eigenvalue weighted by Crippen LogP contribution is -2.06. The Balaban J connectivity index is 2.60. The maximum atomic E-state index is 4.27. The van der Waals surface area contributed by atoms with Crippen molar-refractivity contribution in [3.8, 4) is 5.82 Å². The first kappa shape index (κ1) is 11.0. The van der Waals surface area contributed by atoms with Crippen LogP contribution in [0.25, 0.3) is 5.82 Å². The van der Waals surface area contributed by atoms with Crippen LogP contribution in [0.2, 0.25) is 0 Å². The maximum absolute atomic E-state index is 4.27. The molecule has 0 saturated heterocycles. The molecule has 0 aromatic carbocycles. The van der Waals surface area contributed by atoms with Gasteiger partial charge in [0.25, 0.3) is 0 Å². The highest BCUT2D eigenvalue weighted by atomic mass is 79.9. The maximum Gasteiger partial charge on any atom is 0.175 e. The van der Waals surface area contributed by atoms with Crippen molar-refractivity contribution >= 4 is 21.7 Å². The van der Waals surface area contributed by atoms with Crippen LogP contribution in [0.15, 0.2) is 10.8 Å². The van der Waals surface area contributed by atoms with Crippen LogP contribution in [-0.4, -0.2) is 31.8 Å². The second-order valence-electron chi connectivity index (χ2n) is 3.23. The molecule has 84 valence electrons. The SMILES string of the molecule is CNc1ncnc(-n2nc(C)nc2C)c1Br. The first-order chi connectivity index (χ1) is 7.63. The zero-order valence-electron chi connectivity index (χ0n) is 9.19. The molecule has 2 aromatic rings.